The standard InChI is InChI=1S/C36H30BNO2S/c1-35(2)36(3,4)40-37(39-35)24-18-21-32-30(22-24)27-10-5-7-14-31(27)38(32)25-19-16-23(17-20-25)26-12-9-13-29-28-11-6-8-15-33(28)41-34(26)29/h5-22H,1-4H3. The van der Waals surface area contributed by atoms with Gasteiger partial charge in [0.05, 0.1) is 22.2 Å². The fourth-order valence-electron chi connectivity index (χ4n) is 6.16. The lowest BCUT2D eigenvalue weighted by Gasteiger charge is -2.32. The number of para-hydroxylation sites is 1. The summed E-state index contributed by atoms with van der Waals surface area (Å²) in [7, 11) is -0.387. The first-order valence-corrected chi connectivity index (χ1v) is 15.0. The highest BCUT2D eigenvalue weighted by atomic mass is 32.1. The summed E-state index contributed by atoms with van der Waals surface area (Å²) in [5.41, 5.74) is 6.32. The Morgan fingerprint density at radius 2 is 1.27 bits per heavy atom. The number of thiophene rings is 1. The van der Waals surface area contributed by atoms with Crippen molar-refractivity contribution in [3.63, 3.8) is 0 Å². The molecule has 200 valence electrons. The van der Waals surface area contributed by atoms with Crippen molar-refractivity contribution in [3.8, 4) is 16.8 Å². The number of nitrogens with zero attached hydrogens (tertiary/aromatic N) is 1. The number of fused-ring (bicyclic) bond motifs is 6. The topological polar surface area (TPSA) is 23.4 Å². The van der Waals surface area contributed by atoms with Gasteiger partial charge in [0.2, 0.25) is 0 Å². The van der Waals surface area contributed by atoms with Gasteiger partial charge in [0, 0.05) is 36.6 Å². The van der Waals surface area contributed by atoms with Crippen molar-refractivity contribution in [3.05, 3.63) is 109 Å². The van der Waals surface area contributed by atoms with Crippen molar-refractivity contribution < 1.29 is 9.31 Å². The Bertz CT molecular complexity index is 2100. The van der Waals surface area contributed by atoms with Crippen molar-refractivity contribution in [2.45, 2.75) is 38.9 Å². The van der Waals surface area contributed by atoms with Crippen LogP contribution in [0.3, 0.4) is 0 Å². The van der Waals surface area contributed by atoms with Gasteiger partial charge in [-0.1, -0.05) is 78.9 Å². The lowest BCUT2D eigenvalue weighted by atomic mass is 9.78. The van der Waals surface area contributed by atoms with Crippen LogP contribution in [0.15, 0.2) is 109 Å². The van der Waals surface area contributed by atoms with Gasteiger partial charge in [-0.05, 0) is 74.6 Å². The Labute approximate surface area is 244 Å². The summed E-state index contributed by atoms with van der Waals surface area (Å²) in [6, 6.07) is 39.6. The summed E-state index contributed by atoms with van der Waals surface area (Å²) >= 11 is 1.87. The van der Waals surface area contributed by atoms with Crippen LogP contribution in [0.4, 0.5) is 0 Å². The van der Waals surface area contributed by atoms with Gasteiger partial charge in [0.1, 0.15) is 0 Å². The molecule has 1 aliphatic heterocycles. The molecule has 7 aromatic rings. The second kappa shape index (κ2) is 8.80. The third kappa shape index (κ3) is 3.73. The van der Waals surface area contributed by atoms with Gasteiger partial charge >= 0.3 is 7.12 Å². The number of hydrogen-bond donors (Lipinski definition) is 0. The molecule has 0 amide bonds. The zero-order valence-corrected chi connectivity index (χ0v) is 24.5. The summed E-state index contributed by atoms with van der Waals surface area (Å²) in [4.78, 5) is 0. The number of rotatable bonds is 3. The van der Waals surface area contributed by atoms with Gasteiger partial charge < -0.3 is 13.9 Å². The number of hydrogen-bond acceptors (Lipinski definition) is 3. The maximum atomic E-state index is 6.38. The molecule has 0 aliphatic carbocycles. The molecule has 1 saturated heterocycles. The van der Waals surface area contributed by atoms with E-state index in [0.717, 1.165) is 11.2 Å². The quantitative estimate of drug-likeness (QED) is 0.205. The molecule has 3 nitrogen and oxygen atoms in total. The van der Waals surface area contributed by atoms with E-state index >= 15 is 0 Å². The average Bonchev–Trinajstić information content (AvgIpc) is 3.59. The molecule has 2 aromatic heterocycles. The molecule has 0 spiro atoms. The maximum absolute atomic E-state index is 6.38. The minimum absolute atomic E-state index is 0.372. The van der Waals surface area contributed by atoms with Crippen LogP contribution in [-0.4, -0.2) is 22.9 Å². The van der Waals surface area contributed by atoms with Gasteiger partial charge in [0.25, 0.3) is 0 Å². The van der Waals surface area contributed by atoms with E-state index in [9.17, 15) is 0 Å². The zero-order chi connectivity index (χ0) is 27.9. The van der Waals surface area contributed by atoms with Gasteiger partial charge in [-0.25, -0.2) is 0 Å². The molecule has 1 aliphatic rings. The van der Waals surface area contributed by atoms with Crippen LogP contribution in [-0.2, 0) is 9.31 Å². The maximum Gasteiger partial charge on any atom is 0.494 e. The number of benzene rings is 5. The highest BCUT2D eigenvalue weighted by molar-refractivity contribution is 7.26. The minimum Gasteiger partial charge on any atom is -0.399 e. The molecule has 0 unspecified atom stereocenters. The number of aromatic nitrogens is 1. The predicted octanol–water partition coefficient (Wildman–Crippen LogP) is 9.12. The Kier molecular flexibility index (Phi) is 5.34. The summed E-state index contributed by atoms with van der Waals surface area (Å²) in [5.74, 6) is 0. The average molecular weight is 552 g/mol. The molecular weight excluding hydrogens is 521 g/mol. The summed E-state index contributed by atoms with van der Waals surface area (Å²) in [6.07, 6.45) is 0. The molecule has 5 aromatic carbocycles. The minimum atomic E-state index is -0.387. The molecule has 0 bridgehead atoms. The van der Waals surface area contributed by atoms with Crippen LogP contribution >= 0.6 is 11.3 Å². The lowest BCUT2D eigenvalue weighted by molar-refractivity contribution is 0.00578. The third-order valence-corrected chi connectivity index (χ3v) is 10.3. The van der Waals surface area contributed by atoms with Crippen molar-refractivity contribution in [2.75, 3.05) is 0 Å². The van der Waals surface area contributed by atoms with E-state index in [1.165, 1.54) is 53.1 Å². The Hall–Kier alpha value is -3.90. The summed E-state index contributed by atoms with van der Waals surface area (Å²) in [6.45, 7) is 8.40. The fraction of sp³-hybridized carbons (Fsp3) is 0.167. The molecule has 1 fully saturated rings. The van der Waals surface area contributed by atoms with E-state index in [4.69, 9.17) is 9.31 Å². The van der Waals surface area contributed by atoms with Crippen molar-refractivity contribution in [2.24, 2.45) is 0 Å². The SMILES string of the molecule is CC1(C)OB(c2ccc3c(c2)c2ccccc2n3-c2ccc(-c3cccc4c3sc3ccccc34)cc2)OC1(C)C. The highest BCUT2D eigenvalue weighted by Crippen LogP contribution is 2.41. The third-order valence-electron chi connectivity index (χ3n) is 9.06. The molecular formula is C36H30BNO2S. The monoisotopic (exact) mass is 551 g/mol. The van der Waals surface area contributed by atoms with E-state index in [2.05, 4.69) is 141 Å². The van der Waals surface area contributed by atoms with Crippen LogP contribution in [0, 0.1) is 0 Å². The highest BCUT2D eigenvalue weighted by Gasteiger charge is 2.51. The molecule has 41 heavy (non-hydrogen) atoms. The first-order chi connectivity index (χ1) is 19.8. The van der Waals surface area contributed by atoms with E-state index in [-0.39, 0.29) is 18.3 Å². The molecule has 0 saturated carbocycles. The Morgan fingerprint density at radius 1 is 0.610 bits per heavy atom. The van der Waals surface area contributed by atoms with Gasteiger partial charge in [0.15, 0.2) is 0 Å². The second-order valence-electron chi connectivity index (χ2n) is 12.0. The Morgan fingerprint density at radius 3 is 2.05 bits per heavy atom. The summed E-state index contributed by atoms with van der Waals surface area (Å²) < 4.78 is 17.8. The first kappa shape index (κ1) is 24.9. The lowest BCUT2D eigenvalue weighted by Crippen LogP contribution is -2.41. The molecule has 0 atom stereocenters. The first-order valence-electron chi connectivity index (χ1n) is 14.2. The molecule has 3 heterocycles. The van der Waals surface area contributed by atoms with Crippen molar-refractivity contribution >= 4 is 65.9 Å². The van der Waals surface area contributed by atoms with Gasteiger partial charge in [-0.15, -0.1) is 11.3 Å². The van der Waals surface area contributed by atoms with Crippen LogP contribution < -0.4 is 5.46 Å². The molecule has 8 rings (SSSR count). The fourth-order valence-corrected chi connectivity index (χ4v) is 7.40. The molecule has 0 N–H and O–H groups in total. The van der Waals surface area contributed by atoms with Crippen molar-refractivity contribution in [1.29, 1.82) is 0 Å². The largest absolute Gasteiger partial charge is 0.494 e. The van der Waals surface area contributed by atoms with Gasteiger partial charge in [-0.3, -0.25) is 0 Å². The second-order valence-corrected chi connectivity index (χ2v) is 13.1. The van der Waals surface area contributed by atoms with E-state index < -0.39 is 0 Å². The van der Waals surface area contributed by atoms with E-state index in [1.54, 1.807) is 0 Å². The van der Waals surface area contributed by atoms with Crippen molar-refractivity contribution in [1.82, 2.24) is 4.57 Å². The Balaban J connectivity index is 1.23. The normalized spacial score (nSPS) is 16.4. The predicted molar refractivity (Wildman–Crippen MR) is 175 cm³/mol. The molecule has 5 heteroatoms. The zero-order valence-electron chi connectivity index (χ0n) is 23.6. The molecule has 0 radical (unpaired) electrons. The van der Waals surface area contributed by atoms with Gasteiger partial charge in [-0.2, -0.15) is 0 Å². The van der Waals surface area contributed by atoms with Crippen LogP contribution in [0.2, 0.25) is 0 Å². The van der Waals surface area contributed by atoms with E-state index in [1.807, 2.05) is 11.3 Å². The van der Waals surface area contributed by atoms with E-state index in [0.29, 0.717) is 0 Å². The van der Waals surface area contributed by atoms with Crippen LogP contribution in [0.25, 0.3) is 58.8 Å². The smallest absolute Gasteiger partial charge is 0.399 e. The summed E-state index contributed by atoms with van der Waals surface area (Å²) in [5, 5.41) is 5.08. The van der Waals surface area contributed by atoms with Crippen LogP contribution in [0.1, 0.15) is 27.7 Å². The van der Waals surface area contributed by atoms with Crippen LogP contribution in [0.5, 0.6) is 0 Å².